The number of aromatic hydroxyl groups is 1. The summed E-state index contributed by atoms with van der Waals surface area (Å²) in [7, 11) is 0. The van der Waals surface area contributed by atoms with E-state index in [4.69, 9.17) is 11.5 Å². The number of benzene rings is 1. The Morgan fingerprint density at radius 1 is 1.53 bits per heavy atom. The molecule has 0 fully saturated rings. The largest absolute Gasteiger partial charge is 0.507 e. The minimum atomic E-state index is -0.910. The summed E-state index contributed by atoms with van der Waals surface area (Å²) in [6.45, 7) is 0.622. The third-order valence-corrected chi connectivity index (χ3v) is 2.73. The first kappa shape index (κ1) is 13.6. The molecule has 0 saturated heterocycles. The van der Waals surface area contributed by atoms with E-state index in [1.54, 1.807) is 18.2 Å². The van der Waals surface area contributed by atoms with Crippen molar-refractivity contribution in [2.24, 2.45) is 0 Å². The second-order valence-electron chi connectivity index (χ2n) is 3.65. The quantitative estimate of drug-likeness (QED) is 0.683. The van der Waals surface area contributed by atoms with Gasteiger partial charge in [0.2, 0.25) is 0 Å². The molecule has 0 aromatic heterocycles. The smallest absolute Gasteiger partial charge is 0.359 e. The summed E-state index contributed by atoms with van der Waals surface area (Å²) in [6, 6.07) is 5.12. The Kier molecular flexibility index (Phi) is 5.01. The minimum absolute atomic E-state index is 0.0697. The van der Waals surface area contributed by atoms with Gasteiger partial charge in [-0.2, -0.15) is 0 Å². The monoisotopic (exact) mass is 298 g/mol. The molecule has 0 heterocycles. The van der Waals surface area contributed by atoms with Crippen molar-refractivity contribution in [1.29, 1.82) is 0 Å². The molecular weight excluding hydrogens is 286 g/mol. The lowest BCUT2D eigenvalue weighted by Crippen LogP contribution is -3.11. The maximum absolute atomic E-state index is 10.7. The summed E-state index contributed by atoms with van der Waals surface area (Å²) in [5.74, 6) is 1.66. The molecule has 1 aromatic rings. The van der Waals surface area contributed by atoms with Crippen molar-refractivity contribution in [3.63, 3.8) is 0 Å². The Morgan fingerprint density at radius 3 is 2.76 bits per heavy atom. The molecule has 1 rings (SSSR count). The highest BCUT2D eigenvalue weighted by atomic mass is 79.9. The fourth-order valence-electron chi connectivity index (χ4n) is 1.50. The standard InChI is InChI=1S/C12H12BrNO3/c1-2-5-14(8-12(16)17)7-9-3-4-10(13)6-11(9)15/h1,3-4,6,15H,5,7-8H2,(H,16,17)/p+1. The average molecular weight is 299 g/mol. The van der Waals surface area contributed by atoms with Gasteiger partial charge in [0, 0.05) is 10.0 Å². The van der Waals surface area contributed by atoms with Gasteiger partial charge in [0.05, 0.1) is 0 Å². The van der Waals surface area contributed by atoms with Gasteiger partial charge in [-0.25, -0.2) is 4.79 Å². The predicted octanol–water partition coefficient (Wildman–Crippen LogP) is 0.257. The zero-order chi connectivity index (χ0) is 12.8. The number of terminal acetylenes is 1. The van der Waals surface area contributed by atoms with Crippen LogP contribution in [0.15, 0.2) is 22.7 Å². The normalized spacial score (nSPS) is 11.8. The van der Waals surface area contributed by atoms with Gasteiger partial charge in [-0.05, 0) is 24.1 Å². The van der Waals surface area contributed by atoms with Gasteiger partial charge < -0.3 is 15.1 Å². The van der Waals surface area contributed by atoms with Gasteiger partial charge in [-0.1, -0.05) is 15.9 Å². The number of phenolic OH excluding ortho intramolecular Hbond substituents is 1. The summed E-state index contributed by atoms with van der Waals surface area (Å²) >= 11 is 3.24. The molecule has 0 aliphatic heterocycles. The minimum Gasteiger partial charge on any atom is -0.507 e. The van der Waals surface area contributed by atoms with Gasteiger partial charge in [-0.15, -0.1) is 6.42 Å². The summed E-state index contributed by atoms with van der Waals surface area (Å²) in [5, 5.41) is 18.4. The first-order valence-electron chi connectivity index (χ1n) is 4.99. The molecular formula is C12H13BrNO3+. The summed E-state index contributed by atoms with van der Waals surface area (Å²) in [4.78, 5) is 11.4. The fourth-order valence-corrected chi connectivity index (χ4v) is 1.85. The molecule has 5 heteroatoms. The van der Waals surface area contributed by atoms with Crippen LogP contribution in [0.1, 0.15) is 5.56 Å². The third kappa shape index (κ3) is 4.47. The number of phenols is 1. The summed E-state index contributed by atoms with van der Waals surface area (Å²) in [6.07, 6.45) is 5.19. The Bertz CT molecular complexity index is 454. The van der Waals surface area contributed by atoms with Gasteiger partial charge >= 0.3 is 5.97 Å². The number of halogens is 1. The molecule has 90 valence electrons. The van der Waals surface area contributed by atoms with Crippen molar-refractivity contribution in [2.45, 2.75) is 6.54 Å². The van der Waals surface area contributed by atoms with Crippen LogP contribution < -0.4 is 4.90 Å². The van der Waals surface area contributed by atoms with Crippen molar-refractivity contribution in [1.82, 2.24) is 0 Å². The molecule has 1 aromatic carbocycles. The van der Waals surface area contributed by atoms with Crippen molar-refractivity contribution >= 4 is 21.9 Å². The highest BCUT2D eigenvalue weighted by Crippen LogP contribution is 2.21. The lowest BCUT2D eigenvalue weighted by Gasteiger charge is -2.15. The number of hydrogen-bond acceptors (Lipinski definition) is 2. The zero-order valence-electron chi connectivity index (χ0n) is 9.11. The number of nitrogens with one attached hydrogen (secondary N) is 1. The maximum Gasteiger partial charge on any atom is 0.359 e. The van der Waals surface area contributed by atoms with Crippen molar-refractivity contribution in [3.8, 4) is 18.1 Å². The van der Waals surface area contributed by atoms with Gasteiger partial charge in [0.25, 0.3) is 0 Å². The van der Waals surface area contributed by atoms with Crippen LogP contribution in [0, 0.1) is 12.3 Å². The lowest BCUT2D eigenvalue weighted by molar-refractivity contribution is -0.899. The van der Waals surface area contributed by atoms with Crippen molar-refractivity contribution in [2.75, 3.05) is 13.1 Å². The molecule has 3 N–H and O–H groups in total. The maximum atomic E-state index is 10.7. The fraction of sp³-hybridized carbons (Fsp3) is 0.250. The van der Waals surface area contributed by atoms with E-state index in [0.717, 1.165) is 4.47 Å². The van der Waals surface area contributed by atoms with Crippen molar-refractivity contribution < 1.29 is 19.9 Å². The van der Waals surface area contributed by atoms with E-state index in [2.05, 4.69) is 21.9 Å². The van der Waals surface area contributed by atoms with E-state index in [-0.39, 0.29) is 12.3 Å². The first-order chi connectivity index (χ1) is 8.02. The average Bonchev–Trinajstić information content (AvgIpc) is 2.21. The van der Waals surface area contributed by atoms with E-state index >= 15 is 0 Å². The number of aliphatic carboxylic acids is 1. The van der Waals surface area contributed by atoms with E-state index < -0.39 is 5.97 Å². The van der Waals surface area contributed by atoms with Crippen LogP contribution in [0.3, 0.4) is 0 Å². The molecule has 0 aliphatic rings. The van der Waals surface area contributed by atoms with E-state index in [0.29, 0.717) is 23.6 Å². The summed E-state index contributed by atoms with van der Waals surface area (Å²) in [5.41, 5.74) is 0.680. The van der Waals surface area contributed by atoms with E-state index in [1.165, 1.54) is 0 Å². The van der Waals surface area contributed by atoms with E-state index in [1.807, 2.05) is 0 Å². The molecule has 4 nitrogen and oxygen atoms in total. The Morgan fingerprint density at radius 2 is 2.24 bits per heavy atom. The molecule has 17 heavy (non-hydrogen) atoms. The van der Waals surface area contributed by atoms with Crippen LogP contribution >= 0.6 is 15.9 Å². The number of carboxylic acid groups (broad SMARTS) is 1. The van der Waals surface area contributed by atoms with Gasteiger partial charge in [0.1, 0.15) is 18.8 Å². The van der Waals surface area contributed by atoms with Crippen LogP contribution in [0.2, 0.25) is 0 Å². The molecule has 0 saturated carbocycles. The van der Waals surface area contributed by atoms with Crippen LogP contribution in [-0.4, -0.2) is 29.3 Å². The molecule has 0 radical (unpaired) electrons. The second-order valence-corrected chi connectivity index (χ2v) is 4.57. The Labute approximate surface area is 108 Å². The number of carboxylic acids is 1. The highest BCUT2D eigenvalue weighted by molar-refractivity contribution is 9.10. The SMILES string of the molecule is C#CC[NH+](CC(=O)O)Cc1ccc(Br)cc1O. The lowest BCUT2D eigenvalue weighted by atomic mass is 10.2. The van der Waals surface area contributed by atoms with Crippen molar-refractivity contribution in [3.05, 3.63) is 28.2 Å². The Hall–Kier alpha value is -1.51. The van der Waals surface area contributed by atoms with Crippen LogP contribution in [0.25, 0.3) is 0 Å². The molecule has 1 atom stereocenters. The predicted molar refractivity (Wildman–Crippen MR) is 66.7 cm³/mol. The van der Waals surface area contributed by atoms with Crippen LogP contribution in [0.4, 0.5) is 0 Å². The number of quaternary nitrogens is 1. The molecule has 1 unspecified atom stereocenters. The molecule has 0 bridgehead atoms. The van der Waals surface area contributed by atoms with Gasteiger partial charge in [0.15, 0.2) is 6.54 Å². The number of hydrogen-bond donors (Lipinski definition) is 3. The highest BCUT2D eigenvalue weighted by Gasteiger charge is 2.14. The molecule has 0 amide bonds. The first-order valence-corrected chi connectivity index (χ1v) is 5.78. The van der Waals surface area contributed by atoms with E-state index in [9.17, 15) is 9.90 Å². The number of carbonyl (C=O) groups is 1. The molecule has 0 aliphatic carbocycles. The summed E-state index contributed by atoms with van der Waals surface area (Å²) < 4.78 is 0.774. The topological polar surface area (TPSA) is 62.0 Å². The second kappa shape index (κ2) is 6.28. The van der Waals surface area contributed by atoms with Crippen LogP contribution in [-0.2, 0) is 11.3 Å². The van der Waals surface area contributed by atoms with Crippen LogP contribution in [0.5, 0.6) is 5.75 Å². The number of rotatable bonds is 5. The van der Waals surface area contributed by atoms with Gasteiger partial charge in [-0.3, -0.25) is 0 Å². The third-order valence-electron chi connectivity index (χ3n) is 2.24. The molecule has 0 spiro atoms. The Balaban J connectivity index is 2.78. The zero-order valence-corrected chi connectivity index (χ0v) is 10.7.